The first kappa shape index (κ1) is 15.8. The van der Waals surface area contributed by atoms with Gasteiger partial charge in [0.25, 0.3) is 5.91 Å². The molecule has 0 aliphatic rings. The summed E-state index contributed by atoms with van der Waals surface area (Å²) in [7, 11) is 1.54. The number of amides is 1. The monoisotopic (exact) mass is 309 g/mol. The number of aromatic nitrogens is 1. The van der Waals surface area contributed by atoms with Gasteiger partial charge in [-0.15, -0.1) is 0 Å². The van der Waals surface area contributed by atoms with Crippen LogP contribution in [-0.2, 0) is 12.7 Å². The average molecular weight is 309 g/mol. The quantitative estimate of drug-likeness (QED) is 0.912. The summed E-state index contributed by atoms with van der Waals surface area (Å²) in [5.41, 5.74) is 0.593. The molecule has 0 saturated heterocycles. The Kier molecular flexibility index (Phi) is 4.65. The van der Waals surface area contributed by atoms with Crippen LogP contribution in [0, 0.1) is 0 Å². The molecule has 0 spiro atoms. The Morgan fingerprint density at radius 3 is 2.45 bits per heavy atom. The van der Waals surface area contributed by atoms with Gasteiger partial charge in [0.05, 0.1) is 5.56 Å². The van der Waals surface area contributed by atoms with E-state index in [1.165, 1.54) is 7.05 Å². The molecular formula is C15H14F3N3O. The fraction of sp³-hybridized carbons (Fsp3) is 0.200. The molecule has 0 aliphatic heterocycles. The molecule has 2 aromatic rings. The highest BCUT2D eigenvalue weighted by Crippen LogP contribution is 2.29. The number of anilines is 1. The van der Waals surface area contributed by atoms with Gasteiger partial charge in [-0.25, -0.2) is 4.98 Å². The molecule has 1 amide bonds. The highest BCUT2D eigenvalue weighted by atomic mass is 19.4. The zero-order chi connectivity index (χ0) is 16.2. The van der Waals surface area contributed by atoms with Crippen LogP contribution in [0.15, 0.2) is 42.6 Å². The number of carbonyl (C=O) groups excluding carboxylic acids is 1. The second kappa shape index (κ2) is 6.46. The number of carbonyl (C=O) groups is 1. The molecule has 4 nitrogen and oxygen atoms in total. The van der Waals surface area contributed by atoms with Crippen LogP contribution in [0.1, 0.15) is 21.5 Å². The van der Waals surface area contributed by atoms with Crippen LogP contribution in [0.4, 0.5) is 19.0 Å². The van der Waals surface area contributed by atoms with Gasteiger partial charge in [-0.05, 0) is 29.8 Å². The standard InChI is InChI=1S/C15H14F3N3O/c1-19-14(22)11-4-2-10(3-5-11)9-21-13-8-12(6-7-20-13)15(16,17)18/h2-8H,9H2,1H3,(H,19,22)(H,20,21). The summed E-state index contributed by atoms with van der Waals surface area (Å²) in [6.45, 7) is 0.308. The van der Waals surface area contributed by atoms with Crippen molar-refractivity contribution < 1.29 is 18.0 Å². The number of hydrogen-bond acceptors (Lipinski definition) is 3. The first-order chi connectivity index (χ1) is 10.4. The minimum Gasteiger partial charge on any atom is -0.366 e. The largest absolute Gasteiger partial charge is 0.416 e. The molecule has 0 bridgehead atoms. The number of hydrogen-bond donors (Lipinski definition) is 2. The number of halogens is 3. The van der Waals surface area contributed by atoms with Gasteiger partial charge in [0.15, 0.2) is 0 Å². The van der Waals surface area contributed by atoms with Crippen molar-refractivity contribution in [3.05, 3.63) is 59.3 Å². The van der Waals surface area contributed by atoms with E-state index in [9.17, 15) is 18.0 Å². The fourth-order valence-corrected chi connectivity index (χ4v) is 1.81. The Morgan fingerprint density at radius 2 is 1.86 bits per heavy atom. The Bertz CT molecular complexity index is 654. The maximum Gasteiger partial charge on any atom is 0.416 e. The molecular weight excluding hydrogens is 295 g/mol. The summed E-state index contributed by atoms with van der Waals surface area (Å²) >= 11 is 0. The Hall–Kier alpha value is -2.57. The molecule has 1 aromatic carbocycles. The minimum absolute atomic E-state index is 0.144. The van der Waals surface area contributed by atoms with E-state index in [4.69, 9.17) is 0 Å². The lowest BCUT2D eigenvalue weighted by molar-refractivity contribution is -0.137. The van der Waals surface area contributed by atoms with Gasteiger partial charge in [0, 0.05) is 25.4 Å². The number of alkyl halides is 3. The summed E-state index contributed by atoms with van der Waals surface area (Å²) in [4.78, 5) is 15.2. The van der Waals surface area contributed by atoms with Crippen molar-refractivity contribution in [1.82, 2.24) is 10.3 Å². The molecule has 0 radical (unpaired) electrons. The number of nitrogens with zero attached hydrogens (tertiary/aromatic N) is 1. The Balaban J connectivity index is 2.03. The van der Waals surface area contributed by atoms with E-state index in [-0.39, 0.29) is 11.7 Å². The van der Waals surface area contributed by atoms with E-state index in [1.54, 1.807) is 24.3 Å². The molecule has 0 saturated carbocycles. The van der Waals surface area contributed by atoms with Gasteiger partial charge in [-0.1, -0.05) is 12.1 Å². The maximum atomic E-state index is 12.6. The number of benzene rings is 1. The number of nitrogens with one attached hydrogen (secondary N) is 2. The van der Waals surface area contributed by atoms with Crippen molar-refractivity contribution in [2.45, 2.75) is 12.7 Å². The topological polar surface area (TPSA) is 54.0 Å². The average Bonchev–Trinajstić information content (AvgIpc) is 2.52. The third kappa shape index (κ3) is 3.97. The third-order valence-electron chi connectivity index (χ3n) is 3.00. The van der Waals surface area contributed by atoms with E-state index < -0.39 is 11.7 Å². The van der Waals surface area contributed by atoms with Crippen LogP contribution in [-0.4, -0.2) is 17.9 Å². The van der Waals surface area contributed by atoms with Crippen molar-refractivity contribution >= 4 is 11.7 Å². The molecule has 22 heavy (non-hydrogen) atoms. The molecule has 0 aliphatic carbocycles. The smallest absolute Gasteiger partial charge is 0.366 e. The summed E-state index contributed by atoms with van der Waals surface area (Å²) in [5, 5.41) is 5.33. The van der Waals surface area contributed by atoms with Gasteiger partial charge >= 0.3 is 6.18 Å². The van der Waals surface area contributed by atoms with Gasteiger partial charge in [-0.3, -0.25) is 4.79 Å². The van der Waals surface area contributed by atoms with E-state index >= 15 is 0 Å². The summed E-state index contributed by atoms with van der Waals surface area (Å²) < 4.78 is 37.8. The van der Waals surface area contributed by atoms with E-state index in [2.05, 4.69) is 15.6 Å². The Labute approximate surface area is 125 Å². The van der Waals surface area contributed by atoms with Crippen molar-refractivity contribution in [1.29, 1.82) is 0 Å². The third-order valence-corrected chi connectivity index (χ3v) is 3.00. The zero-order valence-corrected chi connectivity index (χ0v) is 11.7. The van der Waals surface area contributed by atoms with Crippen LogP contribution in [0.5, 0.6) is 0 Å². The Morgan fingerprint density at radius 1 is 1.18 bits per heavy atom. The lowest BCUT2D eigenvalue weighted by atomic mass is 10.1. The molecule has 116 valence electrons. The summed E-state index contributed by atoms with van der Waals surface area (Å²) in [6.07, 6.45) is -3.28. The summed E-state index contributed by atoms with van der Waals surface area (Å²) in [6, 6.07) is 8.63. The molecule has 0 unspecified atom stereocenters. The maximum absolute atomic E-state index is 12.6. The number of rotatable bonds is 4. The van der Waals surface area contributed by atoms with Gasteiger partial charge in [0.2, 0.25) is 0 Å². The van der Waals surface area contributed by atoms with Crippen LogP contribution in [0.2, 0.25) is 0 Å². The zero-order valence-electron chi connectivity index (χ0n) is 11.7. The minimum atomic E-state index is -4.39. The predicted octanol–water partition coefficient (Wildman–Crippen LogP) is 3.07. The first-order valence-electron chi connectivity index (χ1n) is 6.48. The highest BCUT2D eigenvalue weighted by Gasteiger charge is 2.30. The molecule has 2 rings (SSSR count). The number of pyridine rings is 1. The lowest BCUT2D eigenvalue weighted by Gasteiger charge is -2.10. The molecule has 0 fully saturated rings. The van der Waals surface area contributed by atoms with E-state index in [0.717, 1.165) is 23.9 Å². The molecule has 1 aromatic heterocycles. The van der Waals surface area contributed by atoms with E-state index in [0.29, 0.717) is 12.1 Å². The van der Waals surface area contributed by atoms with Gasteiger partial charge in [-0.2, -0.15) is 13.2 Å². The molecule has 2 N–H and O–H groups in total. The van der Waals surface area contributed by atoms with Gasteiger partial charge < -0.3 is 10.6 Å². The van der Waals surface area contributed by atoms with Crippen LogP contribution >= 0.6 is 0 Å². The molecule has 7 heteroatoms. The molecule has 0 atom stereocenters. The highest BCUT2D eigenvalue weighted by molar-refractivity contribution is 5.93. The molecule has 1 heterocycles. The van der Waals surface area contributed by atoms with Crippen LogP contribution < -0.4 is 10.6 Å². The van der Waals surface area contributed by atoms with Crippen LogP contribution in [0.25, 0.3) is 0 Å². The van der Waals surface area contributed by atoms with E-state index in [1.807, 2.05) is 0 Å². The van der Waals surface area contributed by atoms with Crippen molar-refractivity contribution in [2.75, 3.05) is 12.4 Å². The fourth-order valence-electron chi connectivity index (χ4n) is 1.81. The second-order valence-corrected chi connectivity index (χ2v) is 4.56. The van der Waals surface area contributed by atoms with Crippen molar-refractivity contribution in [3.8, 4) is 0 Å². The summed E-state index contributed by atoms with van der Waals surface area (Å²) in [5.74, 6) is -0.0516. The predicted molar refractivity (Wildman–Crippen MR) is 76.4 cm³/mol. The van der Waals surface area contributed by atoms with Crippen LogP contribution in [0.3, 0.4) is 0 Å². The SMILES string of the molecule is CNC(=O)c1ccc(CNc2cc(C(F)(F)F)ccn2)cc1. The van der Waals surface area contributed by atoms with Crippen molar-refractivity contribution in [2.24, 2.45) is 0 Å². The normalized spacial score (nSPS) is 11.1. The van der Waals surface area contributed by atoms with Gasteiger partial charge in [0.1, 0.15) is 5.82 Å². The second-order valence-electron chi connectivity index (χ2n) is 4.56. The van der Waals surface area contributed by atoms with Crippen molar-refractivity contribution in [3.63, 3.8) is 0 Å². The lowest BCUT2D eigenvalue weighted by Crippen LogP contribution is -2.17. The first-order valence-corrected chi connectivity index (χ1v) is 6.48.